The van der Waals surface area contributed by atoms with Crippen molar-refractivity contribution in [1.82, 2.24) is 10.6 Å². The number of amides is 2. The Bertz CT molecular complexity index is 1840. The Morgan fingerprint density at radius 1 is 0.857 bits per heavy atom. The second-order valence-corrected chi connectivity index (χ2v) is 13.3. The molecule has 1 heterocycles. The number of fused-ring (bicyclic) bond motifs is 3. The second-order valence-electron chi connectivity index (χ2n) is 12.4. The number of ketones is 4. The third kappa shape index (κ3) is 7.06. The van der Waals surface area contributed by atoms with E-state index < -0.39 is 57.1 Å². The van der Waals surface area contributed by atoms with E-state index in [1.165, 1.54) is 33.1 Å². The van der Waals surface area contributed by atoms with Gasteiger partial charge >= 0.3 is 0 Å². The SMILES string of the molecule is CC(=O)CNC(=O)C1=C(O)c2cc(F)ccc2C(C)(C)C1=O.COc1cc2c(cc1Br)C1(CCOCC1)C(=O)C(C(=O)NCC(C)=O)=C2O. The van der Waals surface area contributed by atoms with Crippen molar-refractivity contribution in [3.63, 3.8) is 0 Å². The molecule has 49 heavy (non-hydrogen) atoms. The number of halogens is 2. The molecular formula is C35H36BrFN2O10. The molecule has 1 saturated heterocycles. The van der Waals surface area contributed by atoms with Crippen molar-refractivity contribution in [2.24, 2.45) is 0 Å². The highest BCUT2D eigenvalue weighted by molar-refractivity contribution is 9.10. The molecule has 2 aromatic rings. The predicted octanol–water partition coefficient (Wildman–Crippen LogP) is 3.72. The third-order valence-corrected chi connectivity index (χ3v) is 9.32. The second kappa shape index (κ2) is 14.4. The van der Waals surface area contributed by atoms with Crippen LogP contribution in [-0.2, 0) is 44.3 Å². The molecule has 14 heteroatoms. The van der Waals surface area contributed by atoms with Gasteiger partial charge in [0.2, 0.25) is 0 Å². The Morgan fingerprint density at radius 2 is 1.37 bits per heavy atom. The van der Waals surface area contributed by atoms with E-state index in [1.54, 1.807) is 26.0 Å². The Kier molecular flexibility index (Phi) is 10.9. The van der Waals surface area contributed by atoms with Crippen molar-refractivity contribution in [1.29, 1.82) is 0 Å². The number of hydrogen-bond donors (Lipinski definition) is 4. The first kappa shape index (κ1) is 37.1. The summed E-state index contributed by atoms with van der Waals surface area (Å²) in [5, 5.41) is 25.7. The van der Waals surface area contributed by atoms with Crippen molar-refractivity contribution in [2.75, 3.05) is 33.4 Å². The molecule has 4 N–H and O–H groups in total. The molecule has 0 aromatic heterocycles. The van der Waals surface area contributed by atoms with Crippen LogP contribution in [-0.4, -0.2) is 78.6 Å². The van der Waals surface area contributed by atoms with Gasteiger partial charge in [-0.3, -0.25) is 28.8 Å². The summed E-state index contributed by atoms with van der Waals surface area (Å²) in [4.78, 5) is 72.7. The van der Waals surface area contributed by atoms with Crippen LogP contribution < -0.4 is 15.4 Å². The first-order valence-electron chi connectivity index (χ1n) is 15.3. The van der Waals surface area contributed by atoms with Gasteiger partial charge in [-0.1, -0.05) is 6.07 Å². The molecule has 0 atom stereocenters. The number of Topliss-reactive ketones (excluding diaryl/α,β-unsaturated/α-hetero) is 4. The Hall–Kier alpha value is -4.69. The van der Waals surface area contributed by atoms with Gasteiger partial charge in [0.05, 0.1) is 35.5 Å². The molecular weight excluding hydrogens is 707 g/mol. The lowest BCUT2D eigenvalue weighted by Crippen LogP contribution is -2.48. The molecule has 260 valence electrons. The number of carbonyl (C=O) groups is 6. The first-order valence-corrected chi connectivity index (χ1v) is 16.0. The van der Waals surface area contributed by atoms with E-state index in [1.807, 2.05) is 0 Å². The van der Waals surface area contributed by atoms with E-state index in [9.17, 15) is 43.4 Å². The molecule has 1 fully saturated rings. The van der Waals surface area contributed by atoms with Crippen LogP contribution in [0.25, 0.3) is 11.5 Å². The molecule has 0 radical (unpaired) electrons. The summed E-state index contributed by atoms with van der Waals surface area (Å²) < 4.78 is 24.8. The van der Waals surface area contributed by atoms with Gasteiger partial charge in [0.25, 0.3) is 11.8 Å². The molecule has 1 aliphatic heterocycles. The van der Waals surface area contributed by atoms with E-state index in [0.29, 0.717) is 53.0 Å². The third-order valence-electron chi connectivity index (χ3n) is 8.70. The van der Waals surface area contributed by atoms with Crippen molar-refractivity contribution >= 4 is 62.4 Å². The molecule has 0 saturated carbocycles. The largest absolute Gasteiger partial charge is 0.506 e. The number of methoxy groups -OCH3 is 1. The minimum absolute atomic E-state index is 0.109. The number of nitrogens with one attached hydrogen (secondary N) is 2. The Labute approximate surface area is 289 Å². The van der Waals surface area contributed by atoms with Gasteiger partial charge in [0.15, 0.2) is 11.6 Å². The quantitative estimate of drug-likeness (QED) is 0.305. The number of ether oxygens (including phenoxy) is 2. The minimum Gasteiger partial charge on any atom is -0.506 e. The van der Waals surface area contributed by atoms with E-state index >= 15 is 0 Å². The fourth-order valence-corrected chi connectivity index (χ4v) is 6.57. The minimum atomic E-state index is -1.09. The maximum Gasteiger partial charge on any atom is 0.259 e. The van der Waals surface area contributed by atoms with Crippen molar-refractivity contribution in [3.05, 3.63) is 74.0 Å². The number of benzene rings is 2. The number of aliphatic hydroxyl groups excluding tert-OH is 2. The summed E-state index contributed by atoms with van der Waals surface area (Å²) in [6, 6.07) is 7.07. The lowest BCUT2D eigenvalue weighted by atomic mass is 9.64. The zero-order chi connectivity index (χ0) is 36.4. The molecule has 2 aliphatic carbocycles. The summed E-state index contributed by atoms with van der Waals surface area (Å²) in [6.45, 7) is 6.08. The maximum atomic E-state index is 13.4. The molecule has 3 aliphatic rings. The van der Waals surface area contributed by atoms with Crippen molar-refractivity contribution in [2.45, 2.75) is 51.4 Å². The summed E-state index contributed by atoms with van der Waals surface area (Å²) >= 11 is 3.43. The standard InChI is InChI=1S/C19H20BrNO6.C16H16FNO4/c1-10(22)9-21-18(25)15-16(23)11-7-14(26-2)13(20)8-12(11)19(17(15)24)3-5-27-6-4-19;1-8(19)7-18-15(22)12-13(20)10-6-9(17)4-5-11(10)16(2,3)14(12)21/h7-8,23H,3-6,9H2,1-2H3,(H,21,25);4-6,20H,7H2,1-3H3,(H,18,22). The molecule has 12 nitrogen and oxygen atoms in total. The van der Waals surface area contributed by atoms with Crippen LogP contribution in [0.1, 0.15) is 62.8 Å². The van der Waals surface area contributed by atoms with E-state index in [-0.39, 0.29) is 35.8 Å². The Morgan fingerprint density at radius 3 is 1.88 bits per heavy atom. The lowest BCUT2D eigenvalue weighted by Gasteiger charge is -2.40. The summed E-state index contributed by atoms with van der Waals surface area (Å²) in [7, 11) is 1.49. The van der Waals surface area contributed by atoms with Gasteiger partial charge in [-0.15, -0.1) is 0 Å². The van der Waals surface area contributed by atoms with Crippen LogP contribution in [0.15, 0.2) is 46.0 Å². The highest BCUT2D eigenvalue weighted by atomic mass is 79.9. The summed E-state index contributed by atoms with van der Waals surface area (Å²) in [6.07, 6.45) is 0.794. The molecule has 5 rings (SSSR count). The highest BCUT2D eigenvalue weighted by Crippen LogP contribution is 2.48. The van der Waals surface area contributed by atoms with E-state index in [0.717, 1.165) is 6.07 Å². The molecule has 1 spiro atoms. The first-order chi connectivity index (χ1) is 23.0. The maximum absolute atomic E-state index is 13.4. The van der Waals surface area contributed by atoms with Gasteiger partial charge in [-0.2, -0.15) is 0 Å². The average Bonchev–Trinajstić information content (AvgIpc) is 3.05. The van der Waals surface area contributed by atoms with Gasteiger partial charge < -0.3 is 30.3 Å². The smallest absolute Gasteiger partial charge is 0.259 e. The summed E-state index contributed by atoms with van der Waals surface area (Å²) in [5.41, 5.74) is -1.25. The molecule has 2 amide bonds. The molecule has 2 aromatic carbocycles. The van der Waals surface area contributed by atoms with Gasteiger partial charge in [0, 0.05) is 24.3 Å². The molecule has 0 bridgehead atoms. The van der Waals surface area contributed by atoms with Gasteiger partial charge in [-0.05, 0) is 91.9 Å². The zero-order valence-corrected chi connectivity index (χ0v) is 29.1. The van der Waals surface area contributed by atoms with E-state index in [4.69, 9.17) is 9.47 Å². The van der Waals surface area contributed by atoms with Gasteiger partial charge in [0.1, 0.15) is 45.8 Å². The summed E-state index contributed by atoms with van der Waals surface area (Å²) in [5.74, 6) is -4.26. The van der Waals surface area contributed by atoms with E-state index in [2.05, 4.69) is 26.6 Å². The van der Waals surface area contributed by atoms with Crippen molar-refractivity contribution < 1.29 is 52.8 Å². The fraction of sp³-hybridized carbons (Fsp3) is 0.371. The van der Waals surface area contributed by atoms with Crippen LogP contribution in [0.2, 0.25) is 0 Å². The zero-order valence-electron chi connectivity index (χ0n) is 27.5. The Balaban J connectivity index is 0.000000226. The normalized spacial score (nSPS) is 17.4. The molecule has 0 unspecified atom stereocenters. The van der Waals surface area contributed by atoms with Crippen LogP contribution in [0, 0.1) is 5.82 Å². The number of carbonyl (C=O) groups excluding carboxylic acids is 6. The predicted molar refractivity (Wildman–Crippen MR) is 178 cm³/mol. The number of hydrogen-bond acceptors (Lipinski definition) is 10. The fourth-order valence-electron chi connectivity index (χ4n) is 6.06. The lowest BCUT2D eigenvalue weighted by molar-refractivity contribution is -0.129. The van der Waals surface area contributed by atoms with Crippen molar-refractivity contribution in [3.8, 4) is 5.75 Å². The topological polar surface area (TPSA) is 185 Å². The number of rotatable bonds is 7. The highest BCUT2D eigenvalue weighted by Gasteiger charge is 2.50. The van der Waals surface area contributed by atoms with Crippen LogP contribution in [0.5, 0.6) is 5.75 Å². The number of aliphatic hydroxyl groups is 2. The monoisotopic (exact) mass is 742 g/mol. The average molecular weight is 744 g/mol. The van der Waals surface area contributed by atoms with Crippen LogP contribution in [0.3, 0.4) is 0 Å². The van der Waals surface area contributed by atoms with Crippen LogP contribution in [0.4, 0.5) is 4.39 Å². The van der Waals surface area contributed by atoms with Crippen LogP contribution >= 0.6 is 15.9 Å². The van der Waals surface area contributed by atoms with Gasteiger partial charge in [-0.25, -0.2) is 4.39 Å².